The van der Waals surface area contributed by atoms with Crippen LogP contribution in [-0.2, 0) is 0 Å². The molecule has 0 fully saturated rings. The largest absolute Gasteiger partial charge is 0.464 e. The molecule has 0 saturated carbocycles. The molecule has 10 aromatic rings. The summed E-state index contributed by atoms with van der Waals surface area (Å²) in [6, 6.07) is 44.8. The second-order valence-corrected chi connectivity index (χ2v) is 11.2. The van der Waals surface area contributed by atoms with Gasteiger partial charge in [-0.05, 0) is 69.1 Å². The summed E-state index contributed by atoms with van der Waals surface area (Å²) in [4.78, 5) is 0. The number of rotatable bonds is 2. The van der Waals surface area contributed by atoms with Crippen LogP contribution in [0.4, 0.5) is 0 Å². The van der Waals surface area contributed by atoms with Crippen molar-refractivity contribution in [1.82, 2.24) is 0 Å². The van der Waals surface area contributed by atoms with Crippen LogP contribution in [0.2, 0.25) is 0 Å². The van der Waals surface area contributed by atoms with Gasteiger partial charge >= 0.3 is 0 Å². The summed E-state index contributed by atoms with van der Waals surface area (Å²) in [5.74, 6) is 0. The lowest BCUT2D eigenvalue weighted by atomic mass is 9.85. The Balaban J connectivity index is 1.30. The molecule has 0 aliphatic carbocycles. The van der Waals surface area contributed by atoms with Crippen LogP contribution in [0.1, 0.15) is 0 Å². The van der Waals surface area contributed by atoms with Gasteiger partial charge in [0.2, 0.25) is 0 Å². The highest BCUT2D eigenvalue weighted by molar-refractivity contribution is 6.25. The van der Waals surface area contributed by atoms with E-state index in [1.165, 1.54) is 32.7 Å². The first-order valence-electron chi connectivity index (χ1n) is 14.5. The molecule has 0 aliphatic rings. The van der Waals surface area contributed by atoms with Crippen LogP contribution in [0, 0.1) is 0 Å². The maximum atomic E-state index is 6.53. The topological polar surface area (TPSA) is 39.4 Å². The second kappa shape index (κ2) is 8.37. The van der Waals surface area contributed by atoms with Gasteiger partial charge in [-0.15, -0.1) is 0 Å². The summed E-state index contributed by atoms with van der Waals surface area (Å²) in [6.07, 6.45) is 1.74. The average molecular weight is 551 g/mol. The van der Waals surface area contributed by atoms with Crippen LogP contribution in [0.25, 0.3) is 98.6 Å². The van der Waals surface area contributed by atoms with Gasteiger partial charge in [0.05, 0.1) is 6.26 Å². The van der Waals surface area contributed by atoms with Crippen molar-refractivity contribution in [3.05, 3.63) is 134 Å². The fourth-order valence-electron chi connectivity index (χ4n) is 7.15. The molecule has 200 valence electrons. The van der Waals surface area contributed by atoms with E-state index in [4.69, 9.17) is 13.3 Å². The van der Waals surface area contributed by atoms with Crippen LogP contribution < -0.4 is 0 Å². The molecule has 3 heteroatoms. The molecule has 0 bridgehead atoms. The molecule has 0 unspecified atom stereocenters. The minimum absolute atomic E-state index is 0.866. The smallest absolute Gasteiger partial charge is 0.143 e. The van der Waals surface area contributed by atoms with Gasteiger partial charge in [-0.1, -0.05) is 91.0 Å². The van der Waals surface area contributed by atoms with E-state index in [1.807, 2.05) is 30.3 Å². The molecule has 43 heavy (non-hydrogen) atoms. The third-order valence-electron chi connectivity index (χ3n) is 8.96. The van der Waals surface area contributed by atoms with Gasteiger partial charge in [-0.3, -0.25) is 0 Å². The fourth-order valence-corrected chi connectivity index (χ4v) is 7.15. The van der Waals surface area contributed by atoms with Crippen molar-refractivity contribution in [1.29, 1.82) is 0 Å². The van der Waals surface area contributed by atoms with E-state index < -0.39 is 0 Å². The number of benzene rings is 7. The number of fused-ring (bicyclic) bond motifs is 10. The summed E-state index contributed by atoms with van der Waals surface area (Å²) in [7, 11) is 0. The van der Waals surface area contributed by atoms with Gasteiger partial charge in [0.1, 0.15) is 27.9 Å². The Bertz CT molecular complexity index is 2680. The molecule has 0 aliphatic heterocycles. The lowest BCUT2D eigenvalue weighted by Crippen LogP contribution is -1.91. The highest BCUT2D eigenvalue weighted by Crippen LogP contribution is 2.47. The molecule has 0 radical (unpaired) electrons. The minimum atomic E-state index is 0.866. The minimum Gasteiger partial charge on any atom is -0.464 e. The van der Waals surface area contributed by atoms with Crippen molar-refractivity contribution >= 4 is 76.4 Å². The van der Waals surface area contributed by atoms with E-state index in [0.29, 0.717) is 0 Å². The van der Waals surface area contributed by atoms with Crippen molar-refractivity contribution < 1.29 is 13.3 Å². The van der Waals surface area contributed by atoms with Crippen molar-refractivity contribution in [3.63, 3.8) is 0 Å². The van der Waals surface area contributed by atoms with Gasteiger partial charge in [-0.2, -0.15) is 0 Å². The summed E-state index contributed by atoms with van der Waals surface area (Å²) >= 11 is 0. The zero-order valence-electron chi connectivity index (χ0n) is 22.9. The summed E-state index contributed by atoms with van der Waals surface area (Å²) in [6.45, 7) is 0. The quantitative estimate of drug-likeness (QED) is 0.201. The average Bonchev–Trinajstić information content (AvgIpc) is 3.78. The monoisotopic (exact) mass is 550 g/mol. The van der Waals surface area contributed by atoms with Crippen molar-refractivity contribution in [3.8, 4) is 22.3 Å². The van der Waals surface area contributed by atoms with Gasteiger partial charge in [0, 0.05) is 38.1 Å². The highest BCUT2D eigenvalue weighted by atomic mass is 16.3. The van der Waals surface area contributed by atoms with Gasteiger partial charge in [-0.25, -0.2) is 0 Å². The van der Waals surface area contributed by atoms with Gasteiger partial charge in [0.25, 0.3) is 0 Å². The van der Waals surface area contributed by atoms with Gasteiger partial charge in [0.15, 0.2) is 0 Å². The molecule has 0 saturated heterocycles. The number of hydrogen-bond acceptors (Lipinski definition) is 3. The highest BCUT2D eigenvalue weighted by Gasteiger charge is 2.21. The number of furan rings is 3. The first-order valence-corrected chi connectivity index (χ1v) is 14.5. The van der Waals surface area contributed by atoms with Crippen LogP contribution >= 0.6 is 0 Å². The zero-order valence-corrected chi connectivity index (χ0v) is 22.9. The Kier molecular flexibility index (Phi) is 4.45. The number of hydrogen-bond donors (Lipinski definition) is 0. The molecule has 0 atom stereocenters. The Labute approximate surface area is 245 Å². The van der Waals surface area contributed by atoms with Crippen molar-refractivity contribution in [2.45, 2.75) is 0 Å². The molecule has 3 aromatic heterocycles. The first kappa shape index (κ1) is 22.8. The Hall–Kier alpha value is -5.80. The lowest BCUT2D eigenvalue weighted by Gasteiger charge is -2.17. The lowest BCUT2D eigenvalue weighted by molar-refractivity contribution is 0.615. The van der Waals surface area contributed by atoms with E-state index >= 15 is 0 Å². The summed E-state index contributed by atoms with van der Waals surface area (Å²) < 4.78 is 18.6. The molecule has 0 N–H and O–H groups in total. The maximum Gasteiger partial charge on any atom is 0.143 e. The van der Waals surface area contributed by atoms with E-state index in [2.05, 4.69) is 97.1 Å². The van der Waals surface area contributed by atoms with Gasteiger partial charge < -0.3 is 13.3 Å². The fraction of sp³-hybridized carbons (Fsp3) is 0. The number of para-hydroxylation sites is 2. The molecule has 7 aromatic carbocycles. The summed E-state index contributed by atoms with van der Waals surface area (Å²) in [5, 5.41) is 10.3. The normalized spacial score (nSPS) is 12.2. The zero-order chi connectivity index (χ0) is 28.1. The Morgan fingerprint density at radius 1 is 0.372 bits per heavy atom. The van der Waals surface area contributed by atoms with Crippen LogP contribution in [-0.4, -0.2) is 0 Å². The molecule has 0 spiro atoms. The van der Waals surface area contributed by atoms with Crippen molar-refractivity contribution in [2.24, 2.45) is 0 Å². The van der Waals surface area contributed by atoms with E-state index in [1.54, 1.807) is 6.26 Å². The Morgan fingerprint density at radius 2 is 1.02 bits per heavy atom. The maximum absolute atomic E-state index is 6.53. The Morgan fingerprint density at radius 3 is 1.81 bits per heavy atom. The van der Waals surface area contributed by atoms with Crippen LogP contribution in [0.5, 0.6) is 0 Å². The van der Waals surface area contributed by atoms with E-state index in [9.17, 15) is 0 Å². The van der Waals surface area contributed by atoms with Crippen LogP contribution in [0.15, 0.2) is 147 Å². The molecular formula is C40H22O3. The second-order valence-electron chi connectivity index (χ2n) is 11.2. The van der Waals surface area contributed by atoms with Crippen molar-refractivity contribution in [2.75, 3.05) is 0 Å². The predicted octanol–water partition coefficient (Wildman–Crippen LogP) is 11.9. The molecule has 3 heterocycles. The summed E-state index contributed by atoms with van der Waals surface area (Å²) in [5.41, 5.74) is 9.03. The molecule has 10 rings (SSSR count). The molecule has 0 amide bonds. The third kappa shape index (κ3) is 3.08. The van der Waals surface area contributed by atoms with Crippen LogP contribution in [0.3, 0.4) is 0 Å². The molecule has 3 nitrogen and oxygen atoms in total. The molecular weight excluding hydrogens is 528 g/mol. The predicted molar refractivity (Wildman–Crippen MR) is 177 cm³/mol. The van der Waals surface area contributed by atoms with E-state index in [-0.39, 0.29) is 0 Å². The van der Waals surface area contributed by atoms with E-state index in [0.717, 1.165) is 66.0 Å². The first-order chi connectivity index (χ1) is 21.3. The standard InChI is InChI=1S/C40H22O3/c1-3-11-27-25(9-1)37(23-16-17-30-36(22-23)42-35-19-18-33-31(39(30)35)20-21-41-33)26-10-2-4-12-28(26)38(27)32-14-7-13-29-24-8-5-6-15-34(24)43-40(29)32/h1-22H. The third-order valence-corrected chi connectivity index (χ3v) is 8.96. The SMILES string of the molecule is c1ccc2c(c1)oc1c(-c3c4ccccc4c(-c4ccc5c(c4)oc4ccc6occc6c45)c4ccccc34)cccc12.